The van der Waals surface area contributed by atoms with Gasteiger partial charge in [0.15, 0.2) is 5.82 Å². The molecule has 0 bridgehead atoms. The molecular weight excluding hydrogens is 450 g/mol. The van der Waals surface area contributed by atoms with Crippen molar-refractivity contribution in [3.63, 3.8) is 0 Å². The van der Waals surface area contributed by atoms with Crippen molar-refractivity contribution >= 4 is 21.6 Å². The summed E-state index contributed by atoms with van der Waals surface area (Å²) < 4.78 is 29.5. The van der Waals surface area contributed by atoms with Gasteiger partial charge in [-0.1, -0.05) is 48.0 Å². The van der Waals surface area contributed by atoms with Crippen molar-refractivity contribution in [1.82, 2.24) is 20.6 Å². The molecule has 3 N–H and O–H groups in total. The Morgan fingerprint density at radius 1 is 1.06 bits per heavy atom. The molecule has 0 radical (unpaired) electrons. The molecule has 1 aliphatic rings. The third-order valence-corrected chi connectivity index (χ3v) is 7.16. The molecule has 3 aromatic rings. The smallest absolute Gasteiger partial charge is 0.234 e. The van der Waals surface area contributed by atoms with Gasteiger partial charge >= 0.3 is 0 Å². The zero-order chi connectivity index (χ0) is 22.8. The lowest BCUT2D eigenvalue weighted by atomic mass is 9.72. The summed E-state index contributed by atoms with van der Waals surface area (Å²) in [5.41, 5.74) is 2.19. The predicted molar refractivity (Wildman–Crippen MR) is 122 cm³/mol. The van der Waals surface area contributed by atoms with Crippen LogP contribution >= 0.6 is 11.6 Å². The fraction of sp³-hybridized carbons (Fsp3) is 0.227. The van der Waals surface area contributed by atoms with Crippen LogP contribution in [0.3, 0.4) is 0 Å². The average molecular weight is 472 g/mol. The van der Waals surface area contributed by atoms with Crippen molar-refractivity contribution in [2.24, 2.45) is 10.6 Å². The first kappa shape index (κ1) is 22.2. The normalized spacial score (nSPS) is 18.7. The van der Waals surface area contributed by atoms with Gasteiger partial charge in [-0.15, -0.1) is 5.10 Å². The number of halogens is 1. The van der Waals surface area contributed by atoms with E-state index in [0.717, 1.165) is 22.4 Å². The maximum absolute atomic E-state index is 12.1. The summed E-state index contributed by atoms with van der Waals surface area (Å²) in [4.78, 5) is 0.166. The number of methoxy groups -OCH3 is 1. The zero-order valence-electron chi connectivity index (χ0n) is 17.3. The van der Waals surface area contributed by atoms with Crippen LogP contribution in [0.1, 0.15) is 17.5 Å². The van der Waals surface area contributed by atoms with E-state index in [1.807, 2.05) is 48.5 Å². The summed E-state index contributed by atoms with van der Waals surface area (Å²) in [6.07, 6.45) is 4.40. The number of benzene rings is 2. The number of nitrogens with zero attached hydrogens (tertiary/aromatic N) is 3. The molecule has 4 rings (SSSR count). The van der Waals surface area contributed by atoms with Crippen molar-refractivity contribution in [3.8, 4) is 17.1 Å². The van der Waals surface area contributed by atoms with E-state index in [4.69, 9.17) is 21.5 Å². The van der Waals surface area contributed by atoms with Crippen molar-refractivity contribution < 1.29 is 13.2 Å². The molecule has 0 fully saturated rings. The van der Waals surface area contributed by atoms with E-state index in [-0.39, 0.29) is 11.3 Å². The molecule has 8 nitrogen and oxygen atoms in total. The van der Waals surface area contributed by atoms with Crippen LogP contribution in [0.4, 0.5) is 0 Å². The van der Waals surface area contributed by atoms with Gasteiger partial charge in [-0.25, -0.2) is 18.7 Å². The summed E-state index contributed by atoms with van der Waals surface area (Å²) in [7, 11) is -2.23. The van der Waals surface area contributed by atoms with E-state index in [2.05, 4.69) is 20.6 Å². The van der Waals surface area contributed by atoms with Crippen LogP contribution in [0.5, 0.6) is 5.75 Å². The van der Waals surface area contributed by atoms with Crippen LogP contribution in [0.2, 0.25) is 0 Å². The number of nitrogens with two attached hydrogens (primary N) is 1. The molecule has 32 heavy (non-hydrogen) atoms. The lowest BCUT2D eigenvalue weighted by Gasteiger charge is -2.36. The molecular formula is C22H22ClN5O3S. The number of hydrogen-bond donors (Lipinski definition) is 2. The largest absolute Gasteiger partial charge is 0.497 e. The maximum Gasteiger partial charge on any atom is 0.234 e. The van der Waals surface area contributed by atoms with E-state index in [0.29, 0.717) is 23.7 Å². The van der Waals surface area contributed by atoms with Crippen LogP contribution in [0.15, 0.2) is 70.6 Å². The highest BCUT2D eigenvalue weighted by Crippen LogP contribution is 2.46. The lowest BCUT2D eigenvalue weighted by molar-refractivity contribution is 0.362. The van der Waals surface area contributed by atoms with Crippen LogP contribution < -0.4 is 9.88 Å². The first-order valence-corrected chi connectivity index (χ1v) is 11.8. The average Bonchev–Trinajstić information content (AvgIpc) is 3.31. The van der Waals surface area contributed by atoms with Crippen LogP contribution in [0, 0.1) is 5.41 Å². The van der Waals surface area contributed by atoms with Crippen LogP contribution in [-0.2, 0) is 22.9 Å². The van der Waals surface area contributed by atoms with Crippen LogP contribution in [0.25, 0.3) is 11.4 Å². The minimum atomic E-state index is -3.84. The minimum Gasteiger partial charge on any atom is -0.497 e. The molecule has 0 saturated heterocycles. The Bertz CT molecular complexity index is 1250. The summed E-state index contributed by atoms with van der Waals surface area (Å²) >= 11 is 6.75. The van der Waals surface area contributed by atoms with Crippen molar-refractivity contribution in [3.05, 3.63) is 81.7 Å². The number of allylic oxidation sites excluding steroid dienone is 4. The number of aromatic nitrogens is 4. The summed E-state index contributed by atoms with van der Waals surface area (Å²) in [5.74, 6) is 1.32. The first-order valence-electron chi connectivity index (χ1n) is 9.85. The number of nitrogens with one attached hydrogen (secondary N) is 1. The zero-order valence-corrected chi connectivity index (χ0v) is 18.9. The lowest BCUT2D eigenvalue weighted by Crippen LogP contribution is -2.32. The molecule has 0 amide bonds. The highest BCUT2D eigenvalue weighted by Gasteiger charge is 2.39. The molecule has 2 aromatic carbocycles. The van der Waals surface area contributed by atoms with Gasteiger partial charge in [-0.2, -0.15) is 0 Å². The van der Waals surface area contributed by atoms with E-state index in [9.17, 15) is 8.42 Å². The number of H-pyrrole nitrogens is 1. The monoisotopic (exact) mass is 471 g/mol. The second-order valence-electron chi connectivity index (χ2n) is 7.80. The highest BCUT2D eigenvalue weighted by atomic mass is 35.5. The van der Waals surface area contributed by atoms with E-state index in [1.165, 1.54) is 6.08 Å². The predicted octanol–water partition coefficient (Wildman–Crippen LogP) is 3.35. The summed E-state index contributed by atoms with van der Waals surface area (Å²) in [6.45, 7) is 0. The number of ether oxygens (including phenoxy) is 1. The topological polar surface area (TPSA) is 124 Å². The Labute approximate surface area is 191 Å². The highest BCUT2D eigenvalue weighted by molar-refractivity contribution is 7.93. The fourth-order valence-corrected chi connectivity index (χ4v) is 4.96. The third-order valence-electron chi connectivity index (χ3n) is 5.62. The second kappa shape index (κ2) is 8.85. The molecule has 0 spiro atoms. The standard InChI is InChI=1S/C22H22ClN5O3S/c1-31-18-8-4-16(5-9-18)13-22(14-19(32(24,29)30)10-11-20(22)23)12-15-2-6-17(7-3-15)21-25-27-28-26-21/h2-11H,12-14H2,1H3,(H2,24,29,30)(H,25,26,27,28). The van der Waals surface area contributed by atoms with Gasteiger partial charge in [0, 0.05) is 16.0 Å². The van der Waals surface area contributed by atoms with Crippen molar-refractivity contribution in [2.45, 2.75) is 19.3 Å². The SMILES string of the molecule is COc1ccc(CC2(Cc3ccc(-c4nnn[nH]4)cc3)CC(S(N)(=O)=O)=CC=C2Cl)cc1. The van der Waals surface area contributed by atoms with Gasteiger partial charge in [-0.3, -0.25) is 0 Å². The molecule has 1 atom stereocenters. The Hall–Kier alpha value is -3.01. The number of hydrogen-bond acceptors (Lipinski definition) is 6. The first-order chi connectivity index (χ1) is 15.3. The maximum atomic E-state index is 12.1. The fourth-order valence-electron chi connectivity index (χ4n) is 3.96. The van der Waals surface area contributed by atoms with Gasteiger partial charge < -0.3 is 4.74 Å². The summed E-state index contributed by atoms with van der Waals surface area (Å²) in [5, 5.41) is 19.9. The van der Waals surface area contributed by atoms with Crippen LogP contribution in [-0.4, -0.2) is 36.2 Å². The molecule has 0 aliphatic heterocycles. The molecule has 1 heterocycles. The second-order valence-corrected chi connectivity index (χ2v) is 9.82. The van der Waals surface area contributed by atoms with Gasteiger partial charge in [0.25, 0.3) is 0 Å². The number of sulfonamides is 1. The van der Waals surface area contributed by atoms with Crippen molar-refractivity contribution in [1.29, 1.82) is 0 Å². The Morgan fingerprint density at radius 2 is 1.69 bits per heavy atom. The molecule has 1 unspecified atom stereocenters. The number of aromatic amines is 1. The molecule has 10 heteroatoms. The number of rotatable bonds is 7. The van der Waals surface area contributed by atoms with E-state index < -0.39 is 15.4 Å². The quantitative estimate of drug-likeness (QED) is 0.544. The Balaban J connectivity index is 1.68. The third kappa shape index (κ3) is 4.74. The van der Waals surface area contributed by atoms with Gasteiger partial charge in [0.05, 0.1) is 12.0 Å². The minimum absolute atomic E-state index is 0.166. The Kier molecular flexibility index (Phi) is 6.14. The number of tetrazole rings is 1. The van der Waals surface area contributed by atoms with Gasteiger partial charge in [-0.05, 0) is 65.1 Å². The Morgan fingerprint density at radius 3 is 2.22 bits per heavy atom. The number of primary sulfonamides is 1. The van der Waals surface area contributed by atoms with Gasteiger partial charge in [0.2, 0.25) is 10.0 Å². The molecule has 1 aromatic heterocycles. The van der Waals surface area contributed by atoms with E-state index >= 15 is 0 Å². The van der Waals surface area contributed by atoms with Crippen molar-refractivity contribution in [2.75, 3.05) is 7.11 Å². The molecule has 0 saturated carbocycles. The van der Waals surface area contributed by atoms with E-state index in [1.54, 1.807) is 13.2 Å². The molecule has 166 valence electrons. The summed E-state index contributed by atoms with van der Waals surface area (Å²) in [6, 6.07) is 15.4. The van der Waals surface area contributed by atoms with Gasteiger partial charge in [0.1, 0.15) is 5.75 Å². The molecule has 1 aliphatic carbocycles.